The molecule has 4 aliphatic rings. The molecule has 2 aliphatic heterocycles. The van der Waals surface area contributed by atoms with E-state index in [1.54, 1.807) is 6.20 Å². The van der Waals surface area contributed by atoms with Crippen LogP contribution in [0.15, 0.2) is 121 Å². The summed E-state index contributed by atoms with van der Waals surface area (Å²) in [4.78, 5) is 73.8. The summed E-state index contributed by atoms with van der Waals surface area (Å²) in [6.07, 6.45) is 3.95. The number of carbonyl (C=O) groups excluding carboxylic acids is 4. The van der Waals surface area contributed by atoms with Crippen LogP contribution in [-0.4, -0.2) is 80.0 Å². The van der Waals surface area contributed by atoms with Gasteiger partial charge in [0.15, 0.2) is 0 Å². The second-order valence-corrected chi connectivity index (χ2v) is 17.6. The lowest BCUT2D eigenvalue weighted by atomic mass is 10.0. The SMILES string of the molecule is COC(=O)N[C@@H](C(=O)N1[C@@H]2C[C@@H]2C[C@H]1c1ncc(-c2ccc(C#Cc3ccc4c(ccc5[nH]c([C@@H]6C[C@H]7C[C@H]7N6C(=O)[C@H](NC(=O)OC)c6ccccc6)nc54)c3)cc2)[nH]1)c1ccccc1. The number of methoxy groups -OCH3 is 2. The van der Waals surface area contributed by atoms with E-state index in [0.29, 0.717) is 28.8 Å². The summed E-state index contributed by atoms with van der Waals surface area (Å²) in [5, 5.41) is 7.50. The summed E-state index contributed by atoms with van der Waals surface area (Å²) in [7, 11) is 2.58. The van der Waals surface area contributed by atoms with Crippen LogP contribution in [0.5, 0.6) is 0 Å². The van der Waals surface area contributed by atoms with Gasteiger partial charge >= 0.3 is 12.2 Å². The fourth-order valence-electron chi connectivity index (χ4n) is 10.1. The van der Waals surface area contributed by atoms with Gasteiger partial charge in [-0.2, -0.15) is 0 Å². The number of piperidine rings is 2. The molecule has 11 rings (SSSR count). The van der Waals surface area contributed by atoms with Crippen molar-refractivity contribution in [3.05, 3.63) is 155 Å². The van der Waals surface area contributed by atoms with Gasteiger partial charge in [0.25, 0.3) is 11.8 Å². The normalized spacial score (nSPS) is 22.1. The molecule has 2 aromatic heterocycles. The van der Waals surface area contributed by atoms with Crippen molar-refractivity contribution < 1.29 is 28.7 Å². The van der Waals surface area contributed by atoms with Crippen molar-refractivity contribution in [1.29, 1.82) is 0 Å². The standard InChI is InChI=1S/C52H46N8O6/c1-65-51(63)57-44(32-9-5-3-6-10-32)49(61)59-40-24-35(40)26-42(59)47-53-28-39(55-47)31-18-15-29(16-19-31)13-14-30-17-21-37-34(23-30)20-22-38-46(37)56-48(54-38)43-27-36-25-41(36)60(43)50(62)45(58-52(64)66-2)33-11-7-4-8-12-33/h3-12,15-23,28,35-36,40-45H,24-27H2,1-2H3,(H,53,55)(H,54,56)(H,57,63)(H,58,64)/t35-,36-,40-,41-,42+,43+,44-,45-/m1/s1. The maximum atomic E-state index is 14.3. The monoisotopic (exact) mass is 878 g/mol. The molecule has 4 heterocycles. The molecular formula is C52H46N8O6. The summed E-state index contributed by atoms with van der Waals surface area (Å²) in [6.45, 7) is 0. The number of hydrogen-bond donors (Lipinski definition) is 4. The van der Waals surface area contributed by atoms with E-state index in [0.717, 1.165) is 75.7 Å². The van der Waals surface area contributed by atoms with Crippen LogP contribution in [0.3, 0.4) is 0 Å². The Kier molecular flexibility index (Phi) is 10.3. The molecule has 66 heavy (non-hydrogen) atoms. The zero-order valence-corrected chi connectivity index (χ0v) is 36.2. The lowest BCUT2D eigenvalue weighted by Gasteiger charge is -2.30. The highest BCUT2D eigenvalue weighted by Gasteiger charge is 2.57. The number of likely N-dealkylation sites (tertiary alicyclic amines) is 2. The Morgan fingerprint density at radius 1 is 0.652 bits per heavy atom. The Labute approximate surface area is 380 Å². The van der Waals surface area contributed by atoms with E-state index in [-0.39, 0.29) is 36.0 Å². The summed E-state index contributed by atoms with van der Waals surface area (Å²) in [6, 6.07) is 34.6. The predicted molar refractivity (Wildman–Crippen MR) is 245 cm³/mol. The van der Waals surface area contributed by atoms with Gasteiger partial charge in [0.2, 0.25) is 0 Å². The van der Waals surface area contributed by atoms with Crippen LogP contribution in [0.2, 0.25) is 0 Å². The Morgan fingerprint density at radius 2 is 1.21 bits per heavy atom. The van der Waals surface area contributed by atoms with E-state index in [1.165, 1.54) is 14.2 Å². The topological polar surface area (TPSA) is 175 Å². The van der Waals surface area contributed by atoms with Gasteiger partial charge < -0.3 is 39.9 Å². The van der Waals surface area contributed by atoms with Crippen molar-refractivity contribution in [2.24, 2.45) is 11.8 Å². The zero-order chi connectivity index (χ0) is 45.1. The molecule has 4 fully saturated rings. The lowest BCUT2D eigenvalue weighted by Crippen LogP contribution is -2.44. The minimum Gasteiger partial charge on any atom is -0.453 e. The first kappa shape index (κ1) is 40.8. The number of hydrogen-bond acceptors (Lipinski definition) is 8. The number of nitrogens with one attached hydrogen (secondary N) is 4. The second-order valence-electron chi connectivity index (χ2n) is 17.6. The van der Waals surface area contributed by atoms with E-state index < -0.39 is 24.3 Å². The third kappa shape index (κ3) is 7.55. The number of aromatic amines is 2. The van der Waals surface area contributed by atoms with E-state index in [9.17, 15) is 19.2 Å². The smallest absolute Gasteiger partial charge is 0.407 e. The van der Waals surface area contributed by atoms with Crippen molar-refractivity contribution in [3.63, 3.8) is 0 Å². The third-order valence-electron chi connectivity index (χ3n) is 13.6. The van der Waals surface area contributed by atoms with E-state index in [4.69, 9.17) is 19.4 Å². The van der Waals surface area contributed by atoms with Gasteiger partial charge in [0.05, 0.1) is 49.2 Å². The molecule has 4 amide bonds. The average Bonchev–Trinajstić information content (AvgIpc) is 3.97. The number of aromatic nitrogens is 4. The fourth-order valence-corrected chi connectivity index (χ4v) is 10.1. The highest BCUT2D eigenvalue weighted by Crippen LogP contribution is 2.55. The lowest BCUT2D eigenvalue weighted by molar-refractivity contribution is -0.136. The van der Waals surface area contributed by atoms with Crippen LogP contribution in [0.1, 0.15) is 83.8 Å². The molecule has 14 heteroatoms. The number of H-pyrrole nitrogens is 2. The number of alkyl carbamates (subject to hydrolysis) is 2. The summed E-state index contributed by atoms with van der Waals surface area (Å²) >= 11 is 0. The molecule has 2 saturated heterocycles. The molecule has 14 nitrogen and oxygen atoms in total. The number of carbonyl (C=O) groups is 4. The van der Waals surface area contributed by atoms with Crippen molar-refractivity contribution in [2.75, 3.05) is 14.2 Å². The number of imidazole rings is 2. The molecule has 330 valence electrons. The molecule has 0 unspecified atom stereocenters. The van der Waals surface area contributed by atoms with Gasteiger partial charge in [-0.25, -0.2) is 19.6 Å². The Balaban J connectivity index is 0.788. The molecule has 8 atom stereocenters. The number of nitrogens with zero attached hydrogens (tertiary/aromatic N) is 4. The number of ether oxygens (including phenoxy) is 2. The quantitative estimate of drug-likeness (QED) is 0.106. The largest absolute Gasteiger partial charge is 0.453 e. The minimum atomic E-state index is -0.883. The summed E-state index contributed by atoms with van der Waals surface area (Å²) in [5.74, 6) is 8.52. The molecule has 2 saturated carbocycles. The highest BCUT2D eigenvalue weighted by molar-refractivity contribution is 6.04. The van der Waals surface area contributed by atoms with Gasteiger partial charge in [-0.1, -0.05) is 96.8 Å². The molecule has 4 N–H and O–H groups in total. The van der Waals surface area contributed by atoms with Gasteiger partial charge in [-0.3, -0.25) is 9.59 Å². The van der Waals surface area contributed by atoms with E-state index in [1.807, 2.05) is 113 Å². The van der Waals surface area contributed by atoms with E-state index in [2.05, 4.69) is 44.6 Å². The maximum absolute atomic E-state index is 14.3. The van der Waals surface area contributed by atoms with Crippen molar-refractivity contribution >= 4 is 45.8 Å². The molecular weight excluding hydrogens is 833 g/mol. The first-order valence-corrected chi connectivity index (χ1v) is 22.3. The van der Waals surface area contributed by atoms with Crippen LogP contribution < -0.4 is 10.6 Å². The van der Waals surface area contributed by atoms with Gasteiger partial charge in [-0.15, -0.1) is 0 Å². The van der Waals surface area contributed by atoms with Crippen LogP contribution in [-0.2, 0) is 19.1 Å². The molecule has 0 spiro atoms. The van der Waals surface area contributed by atoms with Crippen LogP contribution in [0.25, 0.3) is 33.1 Å². The van der Waals surface area contributed by atoms with Gasteiger partial charge in [0, 0.05) is 28.6 Å². The van der Waals surface area contributed by atoms with Gasteiger partial charge in [0.1, 0.15) is 23.7 Å². The van der Waals surface area contributed by atoms with Crippen molar-refractivity contribution in [3.8, 4) is 23.1 Å². The average molecular weight is 879 g/mol. The first-order chi connectivity index (χ1) is 32.2. The highest BCUT2D eigenvalue weighted by atomic mass is 16.5. The van der Waals surface area contributed by atoms with Crippen LogP contribution in [0.4, 0.5) is 9.59 Å². The molecule has 0 radical (unpaired) electrons. The summed E-state index contributed by atoms with van der Waals surface area (Å²) in [5.41, 5.74) is 6.59. The number of amides is 4. The predicted octanol–water partition coefficient (Wildman–Crippen LogP) is 8.02. The maximum Gasteiger partial charge on any atom is 0.407 e. The van der Waals surface area contributed by atoms with Crippen LogP contribution in [0, 0.1) is 23.7 Å². The van der Waals surface area contributed by atoms with Gasteiger partial charge in [-0.05, 0) is 89.9 Å². The second kappa shape index (κ2) is 16.6. The molecule has 2 aliphatic carbocycles. The fraction of sp³-hybridized carbons (Fsp3) is 0.269. The molecule has 0 bridgehead atoms. The Hall–Kier alpha value is -7.92. The zero-order valence-electron chi connectivity index (χ0n) is 36.2. The Morgan fingerprint density at radius 3 is 1.80 bits per heavy atom. The number of fused-ring (bicyclic) bond motifs is 5. The number of benzene rings is 5. The van der Waals surface area contributed by atoms with Crippen LogP contribution >= 0.6 is 0 Å². The third-order valence-corrected chi connectivity index (χ3v) is 13.6. The first-order valence-electron chi connectivity index (χ1n) is 22.3. The minimum absolute atomic E-state index is 0.102. The van der Waals surface area contributed by atoms with E-state index >= 15 is 0 Å². The van der Waals surface area contributed by atoms with Crippen molar-refractivity contribution in [2.45, 2.75) is 61.9 Å². The number of rotatable bonds is 9. The van der Waals surface area contributed by atoms with Crippen molar-refractivity contribution in [1.82, 2.24) is 40.4 Å². The Bertz CT molecular complexity index is 3090. The molecule has 5 aromatic carbocycles. The summed E-state index contributed by atoms with van der Waals surface area (Å²) < 4.78 is 9.76. The molecule has 7 aromatic rings.